The third-order valence-electron chi connectivity index (χ3n) is 7.27. The molecular formula is C20H35FN4O. The van der Waals surface area contributed by atoms with E-state index in [0.29, 0.717) is 30.8 Å². The first-order chi connectivity index (χ1) is 12.6. The first kappa shape index (κ1) is 18.6. The number of hydrogen-bond donors (Lipinski definition) is 4. The van der Waals surface area contributed by atoms with Crippen molar-refractivity contribution in [2.75, 3.05) is 13.1 Å². The normalized spacial score (nSPS) is 44.5. The maximum atomic E-state index is 14.3. The molecule has 0 bridgehead atoms. The van der Waals surface area contributed by atoms with Crippen molar-refractivity contribution in [2.24, 2.45) is 17.8 Å². The summed E-state index contributed by atoms with van der Waals surface area (Å²) in [6, 6.07) is 0.217. The molecule has 4 aliphatic rings. The lowest BCUT2D eigenvalue weighted by Crippen LogP contribution is -2.55. The van der Waals surface area contributed by atoms with Crippen LogP contribution in [0.15, 0.2) is 0 Å². The van der Waals surface area contributed by atoms with Gasteiger partial charge in [-0.2, -0.15) is 0 Å². The fourth-order valence-corrected chi connectivity index (χ4v) is 5.77. The van der Waals surface area contributed by atoms with Crippen LogP contribution < -0.4 is 21.3 Å². The van der Waals surface area contributed by atoms with E-state index in [1.807, 2.05) is 0 Å². The van der Waals surface area contributed by atoms with Crippen molar-refractivity contribution in [3.05, 3.63) is 0 Å². The van der Waals surface area contributed by atoms with Crippen molar-refractivity contribution >= 4 is 5.91 Å². The van der Waals surface area contributed by atoms with Gasteiger partial charge in [-0.3, -0.25) is 4.79 Å². The standard InChI is InChI=1S/C20H35FN4O/c1-12-6-7-16(21)15-11-17(25-18(12)15)20(26)24-14-5-2-4-13(10-14)19-22-8-3-9-23-19/h12-19,22-23,25H,2-11H2,1H3,(H,24,26). The molecule has 0 aromatic heterocycles. The van der Waals surface area contributed by atoms with Crippen LogP contribution in [-0.4, -0.2) is 49.5 Å². The van der Waals surface area contributed by atoms with Crippen LogP contribution >= 0.6 is 0 Å². The summed E-state index contributed by atoms with van der Waals surface area (Å²) in [5.41, 5.74) is 0. The summed E-state index contributed by atoms with van der Waals surface area (Å²) in [6.45, 7) is 4.36. The van der Waals surface area contributed by atoms with Crippen molar-refractivity contribution in [3.63, 3.8) is 0 Å². The Morgan fingerprint density at radius 3 is 2.62 bits per heavy atom. The first-order valence-corrected chi connectivity index (χ1v) is 10.8. The lowest BCUT2D eigenvalue weighted by atomic mass is 9.77. The van der Waals surface area contributed by atoms with E-state index in [2.05, 4.69) is 28.2 Å². The van der Waals surface area contributed by atoms with E-state index in [-0.39, 0.29) is 30.0 Å². The fourth-order valence-electron chi connectivity index (χ4n) is 5.77. The van der Waals surface area contributed by atoms with Gasteiger partial charge in [-0.1, -0.05) is 13.3 Å². The minimum absolute atomic E-state index is 0.0178. The molecule has 2 saturated heterocycles. The highest BCUT2D eigenvalue weighted by Crippen LogP contribution is 2.38. The second-order valence-corrected chi connectivity index (χ2v) is 9.09. The lowest BCUT2D eigenvalue weighted by molar-refractivity contribution is -0.124. The molecule has 0 radical (unpaired) electrons. The molecule has 6 heteroatoms. The van der Waals surface area contributed by atoms with E-state index in [1.54, 1.807) is 0 Å². The number of carbonyl (C=O) groups is 1. The number of alkyl halides is 1. The van der Waals surface area contributed by atoms with E-state index in [9.17, 15) is 9.18 Å². The molecule has 4 N–H and O–H groups in total. The summed E-state index contributed by atoms with van der Waals surface area (Å²) in [5.74, 6) is 1.16. The molecule has 0 aromatic carbocycles. The molecule has 4 fully saturated rings. The van der Waals surface area contributed by atoms with Crippen molar-refractivity contribution in [1.29, 1.82) is 0 Å². The Bertz CT molecular complexity index is 480. The summed E-state index contributed by atoms with van der Waals surface area (Å²) < 4.78 is 14.3. The van der Waals surface area contributed by atoms with Crippen molar-refractivity contribution < 1.29 is 9.18 Å². The van der Waals surface area contributed by atoms with Gasteiger partial charge in [0, 0.05) is 18.0 Å². The number of carbonyl (C=O) groups excluding carboxylic acids is 1. The molecule has 7 atom stereocenters. The second-order valence-electron chi connectivity index (χ2n) is 9.09. The van der Waals surface area contributed by atoms with Crippen LogP contribution in [0.4, 0.5) is 4.39 Å². The van der Waals surface area contributed by atoms with Gasteiger partial charge in [-0.15, -0.1) is 0 Å². The number of fused-ring (bicyclic) bond motifs is 1. The Hall–Kier alpha value is -0.720. The molecule has 7 unspecified atom stereocenters. The van der Waals surface area contributed by atoms with E-state index >= 15 is 0 Å². The maximum absolute atomic E-state index is 14.3. The molecule has 0 aromatic rings. The Labute approximate surface area is 156 Å². The number of amides is 1. The number of nitrogens with one attached hydrogen (secondary N) is 4. The van der Waals surface area contributed by atoms with Crippen LogP contribution in [0.1, 0.15) is 58.3 Å². The third kappa shape index (κ3) is 3.92. The minimum Gasteiger partial charge on any atom is -0.352 e. The summed E-state index contributed by atoms with van der Waals surface area (Å²) in [6.07, 6.45) is 7.57. The molecule has 148 valence electrons. The highest BCUT2D eigenvalue weighted by molar-refractivity contribution is 5.82. The van der Waals surface area contributed by atoms with E-state index in [0.717, 1.165) is 32.4 Å². The van der Waals surface area contributed by atoms with Crippen LogP contribution in [0.3, 0.4) is 0 Å². The largest absolute Gasteiger partial charge is 0.352 e. The van der Waals surface area contributed by atoms with E-state index in [1.165, 1.54) is 19.3 Å². The van der Waals surface area contributed by atoms with Gasteiger partial charge in [0.05, 0.1) is 12.2 Å². The molecular weight excluding hydrogens is 331 g/mol. The molecule has 2 aliphatic carbocycles. The Morgan fingerprint density at radius 2 is 1.85 bits per heavy atom. The van der Waals surface area contributed by atoms with Crippen LogP contribution in [-0.2, 0) is 4.79 Å². The Kier molecular flexibility index (Phi) is 5.81. The van der Waals surface area contributed by atoms with Gasteiger partial charge >= 0.3 is 0 Å². The van der Waals surface area contributed by atoms with Gasteiger partial charge < -0.3 is 21.3 Å². The van der Waals surface area contributed by atoms with Gasteiger partial charge in [0.25, 0.3) is 0 Å². The van der Waals surface area contributed by atoms with E-state index in [4.69, 9.17) is 0 Å². The smallest absolute Gasteiger partial charge is 0.237 e. The van der Waals surface area contributed by atoms with Crippen molar-refractivity contribution in [3.8, 4) is 0 Å². The Balaban J connectivity index is 1.30. The molecule has 5 nitrogen and oxygen atoms in total. The van der Waals surface area contributed by atoms with Gasteiger partial charge in [-0.05, 0) is 69.9 Å². The third-order valence-corrected chi connectivity index (χ3v) is 7.27. The average Bonchev–Trinajstić information content (AvgIpc) is 3.13. The summed E-state index contributed by atoms with van der Waals surface area (Å²) >= 11 is 0. The highest BCUT2D eigenvalue weighted by atomic mass is 19.1. The first-order valence-electron chi connectivity index (χ1n) is 10.8. The molecule has 4 rings (SSSR count). The molecule has 2 saturated carbocycles. The molecule has 2 heterocycles. The highest BCUT2D eigenvalue weighted by Gasteiger charge is 2.46. The molecule has 26 heavy (non-hydrogen) atoms. The number of halogens is 1. The predicted octanol–water partition coefficient (Wildman–Crippen LogP) is 1.69. The van der Waals surface area contributed by atoms with Crippen LogP contribution in [0.5, 0.6) is 0 Å². The summed E-state index contributed by atoms with van der Waals surface area (Å²) in [7, 11) is 0. The minimum atomic E-state index is -0.746. The lowest BCUT2D eigenvalue weighted by Gasteiger charge is -2.38. The van der Waals surface area contributed by atoms with Crippen LogP contribution in [0.25, 0.3) is 0 Å². The molecule has 2 aliphatic heterocycles. The van der Waals surface area contributed by atoms with Crippen LogP contribution in [0, 0.1) is 17.8 Å². The molecule has 1 amide bonds. The second kappa shape index (κ2) is 8.11. The van der Waals surface area contributed by atoms with Gasteiger partial charge in [0.1, 0.15) is 6.17 Å². The molecule has 0 spiro atoms. The van der Waals surface area contributed by atoms with Gasteiger partial charge in [0.15, 0.2) is 0 Å². The number of rotatable bonds is 3. The summed E-state index contributed by atoms with van der Waals surface area (Å²) in [5, 5.41) is 13.9. The fraction of sp³-hybridized carbons (Fsp3) is 0.950. The zero-order valence-electron chi connectivity index (χ0n) is 16.0. The van der Waals surface area contributed by atoms with Crippen molar-refractivity contribution in [1.82, 2.24) is 21.3 Å². The zero-order valence-corrected chi connectivity index (χ0v) is 16.0. The monoisotopic (exact) mass is 366 g/mol. The predicted molar refractivity (Wildman–Crippen MR) is 100 cm³/mol. The topological polar surface area (TPSA) is 65.2 Å². The number of hydrogen-bond acceptors (Lipinski definition) is 4. The quantitative estimate of drug-likeness (QED) is 0.614. The van der Waals surface area contributed by atoms with Gasteiger partial charge in [-0.25, -0.2) is 4.39 Å². The van der Waals surface area contributed by atoms with Gasteiger partial charge in [0.2, 0.25) is 5.91 Å². The SMILES string of the molecule is CC1CCC(F)C2CC(C(=O)NC3CCCC(C4NCCCN4)C3)NC12. The summed E-state index contributed by atoms with van der Waals surface area (Å²) in [4.78, 5) is 12.8. The van der Waals surface area contributed by atoms with E-state index < -0.39 is 6.17 Å². The van der Waals surface area contributed by atoms with Crippen LogP contribution in [0.2, 0.25) is 0 Å². The van der Waals surface area contributed by atoms with Crippen molar-refractivity contribution in [2.45, 2.75) is 88.8 Å². The average molecular weight is 367 g/mol. The Morgan fingerprint density at radius 1 is 1.04 bits per heavy atom. The maximum Gasteiger partial charge on any atom is 0.237 e. The zero-order chi connectivity index (χ0) is 18.1.